The van der Waals surface area contributed by atoms with Crippen LogP contribution in [0.3, 0.4) is 0 Å². The first-order valence-corrected chi connectivity index (χ1v) is 18.4. The Morgan fingerprint density at radius 1 is 1.00 bits per heavy atom. The highest BCUT2D eigenvalue weighted by molar-refractivity contribution is 8.77. The first-order valence-electron chi connectivity index (χ1n) is 16.1. The normalized spacial score (nSPS) is 26.9. The second-order valence-electron chi connectivity index (χ2n) is 12.4. The van der Waals surface area contributed by atoms with Gasteiger partial charge in [-0.05, 0) is 95.0 Å². The summed E-state index contributed by atoms with van der Waals surface area (Å²) in [4.78, 5) is 24.3. The number of esters is 2. The van der Waals surface area contributed by atoms with Crippen LogP contribution < -0.4 is 0 Å². The van der Waals surface area contributed by atoms with Gasteiger partial charge in [-0.25, -0.2) is 0 Å². The lowest BCUT2D eigenvalue weighted by Crippen LogP contribution is -2.23. The molecule has 0 bridgehead atoms. The highest BCUT2D eigenvalue weighted by atomic mass is 33.1. The van der Waals surface area contributed by atoms with E-state index in [0.717, 1.165) is 25.7 Å². The number of ether oxygens (including phenoxy) is 2. The van der Waals surface area contributed by atoms with Crippen LogP contribution in [0.4, 0.5) is 0 Å². The molecule has 1 aliphatic carbocycles. The van der Waals surface area contributed by atoms with Crippen LogP contribution in [-0.2, 0) is 25.5 Å². The third-order valence-electron chi connectivity index (χ3n) is 8.70. The predicted molar refractivity (Wildman–Crippen MR) is 174 cm³/mol. The first-order chi connectivity index (χ1) is 20.6. The molecule has 7 atom stereocenters. The van der Waals surface area contributed by atoms with Gasteiger partial charge in [0.15, 0.2) is 0 Å². The second-order valence-corrected chi connectivity index (χ2v) is 15.4. The topological polar surface area (TPSA) is 113 Å². The summed E-state index contributed by atoms with van der Waals surface area (Å²) in [5, 5.41) is 31.6. The molecule has 1 aromatic carbocycles. The standard InChI is InChI=1S/C34H52O7S2/c1-25(41-33(39)16-10-11-21-34(2)22-23-42-43-34)40-32(38)15-9-4-3-8-14-28-29(31(37)24-30(28)36)20-19-27(35)18-17-26-12-6-5-7-13-26/h3,5-8,12-13,25,27-31,35-37H,4,9-11,14-24H2,1-2H3/b8-3-/t25?,27-,28+,29+,30-,31+,34+/m0/s1. The van der Waals surface area contributed by atoms with E-state index in [4.69, 9.17) is 9.47 Å². The average molecular weight is 637 g/mol. The number of rotatable bonds is 19. The molecule has 9 heteroatoms. The van der Waals surface area contributed by atoms with Crippen LogP contribution in [0.2, 0.25) is 0 Å². The van der Waals surface area contributed by atoms with Crippen molar-refractivity contribution in [3.05, 3.63) is 48.0 Å². The zero-order chi connectivity index (χ0) is 31.1. The van der Waals surface area contributed by atoms with Crippen molar-refractivity contribution in [3.8, 4) is 0 Å². The van der Waals surface area contributed by atoms with Gasteiger partial charge in [0.25, 0.3) is 0 Å². The molecule has 2 fully saturated rings. The summed E-state index contributed by atoms with van der Waals surface area (Å²) in [5.41, 5.74) is 1.20. The van der Waals surface area contributed by atoms with E-state index >= 15 is 0 Å². The van der Waals surface area contributed by atoms with Gasteiger partial charge >= 0.3 is 11.9 Å². The van der Waals surface area contributed by atoms with E-state index in [2.05, 4.69) is 19.1 Å². The van der Waals surface area contributed by atoms with Gasteiger partial charge in [0.2, 0.25) is 6.29 Å². The molecule has 1 heterocycles. The molecule has 0 spiro atoms. The largest absolute Gasteiger partial charge is 0.425 e. The average Bonchev–Trinajstić information content (AvgIpc) is 3.52. The molecule has 1 aliphatic heterocycles. The Hall–Kier alpha value is -1.52. The maximum absolute atomic E-state index is 12.2. The minimum atomic E-state index is -0.890. The maximum Gasteiger partial charge on any atom is 0.308 e. The Morgan fingerprint density at radius 3 is 2.40 bits per heavy atom. The smallest absolute Gasteiger partial charge is 0.308 e. The number of benzene rings is 1. The van der Waals surface area contributed by atoms with Gasteiger partial charge in [0, 0.05) is 30.3 Å². The minimum absolute atomic E-state index is 0.0427. The highest BCUT2D eigenvalue weighted by Gasteiger charge is 2.40. The van der Waals surface area contributed by atoms with E-state index < -0.39 is 30.6 Å². The lowest BCUT2D eigenvalue weighted by atomic mass is 9.85. The molecule has 3 rings (SSSR count). The summed E-state index contributed by atoms with van der Waals surface area (Å²) in [5.74, 6) is 0.385. The van der Waals surface area contributed by atoms with Gasteiger partial charge in [-0.2, -0.15) is 0 Å². The van der Waals surface area contributed by atoms with Crippen LogP contribution >= 0.6 is 21.6 Å². The molecule has 1 saturated carbocycles. The van der Waals surface area contributed by atoms with Crippen LogP contribution in [-0.4, -0.2) is 62.4 Å². The van der Waals surface area contributed by atoms with Crippen molar-refractivity contribution >= 4 is 33.5 Å². The van der Waals surface area contributed by atoms with E-state index in [1.165, 1.54) is 17.7 Å². The van der Waals surface area contributed by atoms with Crippen molar-refractivity contribution in [2.45, 2.75) is 133 Å². The molecule has 1 saturated heterocycles. The van der Waals surface area contributed by atoms with Crippen LogP contribution in [0, 0.1) is 11.8 Å². The quantitative estimate of drug-likeness (QED) is 0.0498. The van der Waals surface area contributed by atoms with Gasteiger partial charge < -0.3 is 24.8 Å². The zero-order valence-electron chi connectivity index (χ0n) is 25.9. The Kier molecular flexibility index (Phi) is 16.0. The Balaban J connectivity index is 1.25. The number of aryl methyl sites for hydroxylation is 1. The number of hydrogen-bond acceptors (Lipinski definition) is 9. The number of carbonyl (C=O) groups excluding carboxylic acids is 2. The number of hydrogen-bond donors (Lipinski definition) is 3. The SMILES string of the molecule is CC(OC(=O)CCC/C=C\C[C@@H]1[C@@H](CC[C@@H](O)CCc2ccccc2)[C@H](O)C[C@@H]1O)OC(=O)CCCC[C@]1(C)CCSS1. The third-order valence-corrected chi connectivity index (χ3v) is 12.1. The summed E-state index contributed by atoms with van der Waals surface area (Å²) in [6, 6.07) is 10.1. The molecule has 43 heavy (non-hydrogen) atoms. The molecule has 0 radical (unpaired) electrons. The molecule has 1 unspecified atom stereocenters. The van der Waals surface area contributed by atoms with E-state index in [0.29, 0.717) is 56.1 Å². The summed E-state index contributed by atoms with van der Waals surface area (Å²) in [7, 11) is 3.88. The maximum atomic E-state index is 12.2. The van der Waals surface area contributed by atoms with Crippen molar-refractivity contribution < 1.29 is 34.4 Å². The van der Waals surface area contributed by atoms with Gasteiger partial charge in [0.1, 0.15) is 0 Å². The van der Waals surface area contributed by atoms with E-state index in [1.54, 1.807) is 6.92 Å². The van der Waals surface area contributed by atoms with Crippen molar-refractivity contribution in [1.82, 2.24) is 0 Å². The van der Waals surface area contributed by atoms with Gasteiger partial charge in [-0.15, -0.1) is 0 Å². The summed E-state index contributed by atoms with van der Waals surface area (Å²) in [6.07, 6.45) is 11.3. The number of carbonyl (C=O) groups is 2. The lowest BCUT2D eigenvalue weighted by molar-refractivity contribution is -0.184. The predicted octanol–water partition coefficient (Wildman–Crippen LogP) is 6.77. The molecule has 3 N–H and O–H groups in total. The third kappa shape index (κ3) is 13.6. The number of aliphatic hydroxyl groups excluding tert-OH is 3. The summed E-state index contributed by atoms with van der Waals surface area (Å²) >= 11 is 0. The van der Waals surface area contributed by atoms with Gasteiger partial charge in [-0.1, -0.05) is 70.5 Å². The molecular formula is C34H52O7S2. The van der Waals surface area contributed by atoms with Crippen molar-refractivity contribution in [2.24, 2.45) is 11.8 Å². The Labute approximate surface area is 266 Å². The fourth-order valence-electron chi connectivity index (χ4n) is 6.08. The van der Waals surface area contributed by atoms with Gasteiger partial charge in [-0.3, -0.25) is 9.59 Å². The number of unbranched alkanes of at least 4 members (excludes halogenated alkanes) is 2. The lowest BCUT2D eigenvalue weighted by Gasteiger charge is -2.23. The van der Waals surface area contributed by atoms with E-state index in [1.807, 2.05) is 51.9 Å². The summed E-state index contributed by atoms with van der Waals surface area (Å²) < 4.78 is 10.8. The summed E-state index contributed by atoms with van der Waals surface area (Å²) in [6.45, 7) is 3.86. The zero-order valence-corrected chi connectivity index (χ0v) is 27.5. The van der Waals surface area contributed by atoms with Crippen molar-refractivity contribution in [3.63, 3.8) is 0 Å². The molecule has 7 nitrogen and oxygen atoms in total. The Bertz CT molecular complexity index is 982. The molecule has 0 aromatic heterocycles. The van der Waals surface area contributed by atoms with E-state index in [9.17, 15) is 24.9 Å². The molecule has 1 aromatic rings. The second kappa shape index (κ2) is 19.1. The van der Waals surface area contributed by atoms with Crippen molar-refractivity contribution in [2.75, 3.05) is 5.75 Å². The fraction of sp³-hybridized carbons (Fsp3) is 0.706. The van der Waals surface area contributed by atoms with Gasteiger partial charge in [0.05, 0.1) is 18.3 Å². The van der Waals surface area contributed by atoms with Crippen LogP contribution in [0.15, 0.2) is 42.5 Å². The molecule has 0 amide bonds. The fourth-order valence-corrected chi connectivity index (χ4v) is 9.38. The van der Waals surface area contributed by atoms with Crippen LogP contribution in [0.5, 0.6) is 0 Å². The highest BCUT2D eigenvalue weighted by Crippen LogP contribution is 2.49. The minimum Gasteiger partial charge on any atom is -0.425 e. The monoisotopic (exact) mass is 636 g/mol. The molecule has 2 aliphatic rings. The van der Waals surface area contributed by atoms with E-state index in [-0.39, 0.29) is 24.2 Å². The van der Waals surface area contributed by atoms with Crippen LogP contribution in [0.25, 0.3) is 0 Å². The molecular weight excluding hydrogens is 585 g/mol. The Morgan fingerprint density at radius 2 is 1.70 bits per heavy atom. The number of aliphatic hydroxyl groups is 3. The first kappa shape index (κ1) is 36.0. The number of allylic oxidation sites excluding steroid dienone is 2. The van der Waals surface area contributed by atoms with Crippen LogP contribution in [0.1, 0.15) is 103 Å². The molecule has 242 valence electrons. The van der Waals surface area contributed by atoms with Crippen molar-refractivity contribution in [1.29, 1.82) is 0 Å².